The Morgan fingerprint density at radius 2 is 2.00 bits per heavy atom. The Balaban J connectivity index is 4.43. The number of aliphatic carboxylic acids is 1. The summed E-state index contributed by atoms with van der Waals surface area (Å²) in [6.07, 6.45) is 0. The number of hydrogen-bond donors (Lipinski definition) is 2. The van der Waals surface area contributed by atoms with Crippen LogP contribution in [0.1, 0.15) is 20.8 Å². The highest BCUT2D eigenvalue weighted by Crippen LogP contribution is 2.06. The summed E-state index contributed by atoms with van der Waals surface area (Å²) in [6, 6.07) is 0.168. The molecule has 0 aliphatic rings. The third kappa shape index (κ3) is 4.24. The molecule has 13 heavy (non-hydrogen) atoms. The Labute approximate surface area is 79.9 Å². The van der Waals surface area contributed by atoms with Gasteiger partial charge in [0.25, 0.3) is 0 Å². The van der Waals surface area contributed by atoms with Crippen LogP contribution in [-0.4, -0.2) is 48.2 Å². The normalized spacial score (nSPS) is 16.2. The lowest BCUT2D eigenvalue weighted by Crippen LogP contribution is -2.57. The van der Waals surface area contributed by atoms with Crippen LogP contribution in [0.5, 0.6) is 0 Å². The van der Waals surface area contributed by atoms with Gasteiger partial charge in [-0.15, -0.1) is 0 Å². The maximum atomic E-state index is 11.0. The Morgan fingerprint density at radius 1 is 1.54 bits per heavy atom. The molecule has 2 N–H and O–H groups in total. The van der Waals surface area contributed by atoms with E-state index in [9.17, 15) is 4.79 Å². The average molecular weight is 188 g/mol. The Hall–Kier alpha value is -0.610. The van der Waals surface area contributed by atoms with Gasteiger partial charge in [0, 0.05) is 12.6 Å². The zero-order valence-electron chi connectivity index (χ0n) is 9.09. The third-order valence-corrected chi connectivity index (χ3v) is 1.71. The lowest BCUT2D eigenvalue weighted by atomic mass is 10.0. The topological polar surface area (TPSA) is 52.6 Å². The monoisotopic (exact) mass is 188 g/mol. The summed E-state index contributed by atoms with van der Waals surface area (Å²) in [7, 11) is 3.73. The van der Waals surface area contributed by atoms with E-state index in [0.29, 0.717) is 6.54 Å². The molecule has 1 unspecified atom stereocenters. The van der Waals surface area contributed by atoms with E-state index < -0.39 is 11.5 Å². The first-order valence-electron chi connectivity index (χ1n) is 4.44. The van der Waals surface area contributed by atoms with E-state index in [1.54, 1.807) is 6.92 Å². The molecule has 0 aromatic rings. The van der Waals surface area contributed by atoms with Gasteiger partial charge in [-0.05, 0) is 34.9 Å². The van der Waals surface area contributed by atoms with E-state index in [0.717, 1.165) is 0 Å². The SMILES string of the molecule is CC(C)NC(C)(CN(C)C)C(=O)O. The van der Waals surface area contributed by atoms with Crippen LogP contribution in [0.3, 0.4) is 0 Å². The van der Waals surface area contributed by atoms with Crippen LogP contribution in [0.25, 0.3) is 0 Å². The van der Waals surface area contributed by atoms with Crippen molar-refractivity contribution in [2.45, 2.75) is 32.4 Å². The summed E-state index contributed by atoms with van der Waals surface area (Å²) in [5.41, 5.74) is -0.863. The van der Waals surface area contributed by atoms with Crippen LogP contribution >= 0.6 is 0 Å². The summed E-state index contributed by atoms with van der Waals surface area (Å²) in [4.78, 5) is 12.9. The smallest absolute Gasteiger partial charge is 0.324 e. The van der Waals surface area contributed by atoms with E-state index in [1.165, 1.54) is 0 Å². The molecule has 4 heteroatoms. The molecule has 0 rings (SSSR count). The average Bonchev–Trinajstić information content (AvgIpc) is 1.82. The molecule has 0 bridgehead atoms. The van der Waals surface area contributed by atoms with Crippen molar-refractivity contribution in [3.8, 4) is 0 Å². The predicted octanol–water partition coefficient (Wildman–Crippen LogP) is 0.389. The standard InChI is InChI=1S/C9H20N2O2/c1-7(2)10-9(3,8(12)13)6-11(4)5/h7,10H,6H2,1-5H3,(H,12,13). The van der Waals surface area contributed by atoms with Gasteiger partial charge >= 0.3 is 5.97 Å². The summed E-state index contributed by atoms with van der Waals surface area (Å²) in [6.45, 7) is 6.07. The highest BCUT2D eigenvalue weighted by Gasteiger charge is 2.33. The number of carboxylic acids is 1. The quantitative estimate of drug-likeness (QED) is 0.655. The fourth-order valence-corrected chi connectivity index (χ4v) is 1.44. The Kier molecular flexibility index (Phi) is 4.36. The van der Waals surface area contributed by atoms with E-state index in [2.05, 4.69) is 5.32 Å². The largest absolute Gasteiger partial charge is 0.480 e. The second-order valence-electron chi connectivity index (χ2n) is 4.17. The molecule has 0 aromatic carbocycles. The molecule has 0 aliphatic heterocycles. The number of likely N-dealkylation sites (N-methyl/N-ethyl adjacent to an activating group) is 1. The van der Waals surface area contributed by atoms with Gasteiger partial charge in [0.1, 0.15) is 5.54 Å². The van der Waals surface area contributed by atoms with Crippen molar-refractivity contribution in [3.63, 3.8) is 0 Å². The first-order valence-corrected chi connectivity index (χ1v) is 4.44. The van der Waals surface area contributed by atoms with Crippen molar-refractivity contribution >= 4 is 5.97 Å². The Bertz CT molecular complexity index is 168. The number of rotatable bonds is 5. The van der Waals surface area contributed by atoms with Gasteiger partial charge in [0.05, 0.1) is 0 Å². The first kappa shape index (κ1) is 12.4. The summed E-state index contributed by atoms with van der Waals surface area (Å²) in [5, 5.41) is 12.1. The lowest BCUT2D eigenvalue weighted by molar-refractivity contribution is -0.145. The molecule has 0 saturated heterocycles. The van der Waals surface area contributed by atoms with Gasteiger partial charge in [-0.1, -0.05) is 0 Å². The van der Waals surface area contributed by atoms with Gasteiger partial charge in [-0.2, -0.15) is 0 Å². The lowest BCUT2D eigenvalue weighted by Gasteiger charge is -2.31. The third-order valence-electron chi connectivity index (χ3n) is 1.71. The van der Waals surface area contributed by atoms with Gasteiger partial charge in [0.15, 0.2) is 0 Å². The highest BCUT2D eigenvalue weighted by atomic mass is 16.4. The molecule has 0 heterocycles. The molecule has 1 atom stereocenters. The van der Waals surface area contributed by atoms with E-state index in [4.69, 9.17) is 5.11 Å². The first-order chi connectivity index (χ1) is 5.78. The van der Waals surface area contributed by atoms with Crippen LogP contribution in [0, 0.1) is 0 Å². The molecular weight excluding hydrogens is 168 g/mol. The van der Waals surface area contributed by atoms with Crippen LogP contribution < -0.4 is 5.32 Å². The predicted molar refractivity (Wildman–Crippen MR) is 52.9 cm³/mol. The molecular formula is C9H20N2O2. The number of nitrogens with zero attached hydrogens (tertiary/aromatic N) is 1. The maximum Gasteiger partial charge on any atom is 0.324 e. The van der Waals surface area contributed by atoms with Crippen LogP contribution in [0.15, 0.2) is 0 Å². The molecule has 0 radical (unpaired) electrons. The molecule has 0 spiro atoms. The molecule has 0 aliphatic carbocycles. The minimum Gasteiger partial charge on any atom is -0.480 e. The number of hydrogen-bond acceptors (Lipinski definition) is 3. The fraction of sp³-hybridized carbons (Fsp3) is 0.889. The number of nitrogens with one attached hydrogen (secondary N) is 1. The van der Waals surface area contributed by atoms with Crippen molar-refractivity contribution in [1.29, 1.82) is 0 Å². The van der Waals surface area contributed by atoms with E-state index in [-0.39, 0.29) is 6.04 Å². The second kappa shape index (κ2) is 4.58. The van der Waals surface area contributed by atoms with Gasteiger partial charge in [-0.3, -0.25) is 10.1 Å². The van der Waals surface area contributed by atoms with E-state index in [1.807, 2.05) is 32.8 Å². The fourth-order valence-electron chi connectivity index (χ4n) is 1.44. The minimum absolute atomic E-state index is 0.168. The van der Waals surface area contributed by atoms with Crippen molar-refractivity contribution < 1.29 is 9.90 Å². The molecule has 0 aromatic heterocycles. The second-order valence-corrected chi connectivity index (χ2v) is 4.17. The molecule has 0 saturated carbocycles. The molecule has 4 nitrogen and oxygen atoms in total. The molecule has 0 amide bonds. The number of carboxylic acid groups (broad SMARTS) is 1. The van der Waals surface area contributed by atoms with Crippen molar-refractivity contribution in [2.24, 2.45) is 0 Å². The number of carbonyl (C=O) groups is 1. The van der Waals surface area contributed by atoms with Gasteiger partial charge in [0.2, 0.25) is 0 Å². The van der Waals surface area contributed by atoms with Crippen molar-refractivity contribution in [1.82, 2.24) is 10.2 Å². The van der Waals surface area contributed by atoms with Crippen LogP contribution in [0.2, 0.25) is 0 Å². The Morgan fingerprint density at radius 3 is 2.23 bits per heavy atom. The molecule has 0 fully saturated rings. The zero-order chi connectivity index (χ0) is 10.6. The molecule has 78 valence electrons. The van der Waals surface area contributed by atoms with E-state index >= 15 is 0 Å². The van der Waals surface area contributed by atoms with Crippen molar-refractivity contribution in [3.05, 3.63) is 0 Å². The summed E-state index contributed by atoms with van der Waals surface area (Å²) < 4.78 is 0. The summed E-state index contributed by atoms with van der Waals surface area (Å²) >= 11 is 0. The zero-order valence-corrected chi connectivity index (χ0v) is 9.09. The highest BCUT2D eigenvalue weighted by molar-refractivity contribution is 5.78. The van der Waals surface area contributed by atoms with Crippen LogP contribution in [-0.2, 0) is 4.79 Å². The van der Waals surface area contributed by atoms with Gasteiger partial charge in [-0.25, -0.2) is 0 Å². The minimum atomic E-state index is -0.863. The summed E-state index contributed by atoms with van der Waals surface area (Å²) in [5.74, 6) is -0.810. The maximum absolute atomic E-state index is 11.0. The van der Waals surface area contributed by atoms with Crippen molar-refractivity contribution in [2.75, 3.05) is 20.6 Å². The van der Waals surface area contributed by atoms with Crippen LogP contribution in [0.4, 0.5) is 0 Å². The van der Waals surface area contributed by atoms with Gasteiger partial charge < -0.3 is 10.0 Å².